The number of ether oxygens (including phenoxy) is 2. The summed E-state index contributed by atoms with van der Waals surface area (Å²) in [5.74, 6) is 0.332. The first-order chi connectivity index (χ1) is 9.69. The smallest absolute Gasteiger partial charge is 0.167 e. The minimum Gasteiger partial charge on any atom is -0.393 e. The fourth-order valence-corrected chi connectivity index (χ4v) is 2.52. The molecule has 8 nitrogen and oxygen atoms in total. The Morgan fingerprint density at radius 1 is 1.45 bits per heavy atom. The normalized spacial score (nSPS) is 27.0. The van der Waals surface area contributed by atoms with Crippen LogP contribution in [0.25, 0.3) is 11.2 Å². The van der Waals surface area contributed by atoms with Crippen LogP contribution in [0.3, 0.4) is 0 Å². The standard InChI is InChI=1S/C12H17N5O3/c1-19-4-8-2-7(18)3-9(20-8)17-6-16-10-11(13)14-5-15-12(10)17/h5-9,18H,2-4H2,1H3,(H2,13,14,15). The summed E-state index contributed by atoms with van der Waals surface area (Å²) in [4.78, 5) is 12.3. The molecule has 0 bridgehead atoms. The van der Waals surface area contributed by atoms with Crippen molar-refractivity contribution in [3.8, 4) is 0 Å². The molecule has 2 aromatic rings. The van der Waals surface area contributed by atoms with Crippen LogP contribution in [0.4, 0.5) is 5.82 Å². The molecule has 3 N–H and O–H groups in total. The molecule has 2 aromatic heterocycles. The molecule has 0 spiro atoms. The number of methoxy groups -OCH3 is 1. The molecule has 0 radical (unpaired) electrons. The quantitative estimate of drug-likeness (QED) is 0.819. The average Bonchev–Trinajstić information content (AvgIpc) is 2.84. The van der Waals surface area contributed by atoms with Crippen LogP contribution in [0, 0.1) is 0 Å². The van der Waals surface area contributed by atoms with E-state index in [1.54, 1.807) is 18.0 Å². The van der Waals surface area contributed by atoms with E-state index in [1.165, 1.54) is 6.33 Å². The second kappa shape index (κ2) is 5.31. The SMILES string of the molecule is COCC1CC(O)CC(n2cnc3c(N)ncnc32)O1. The molecule has 0 saturated carbocycles. The van der Waals surface area contributed by atoms with Gasteiger partial charge in [0.25, 0.3) is 0 Å². The number of fused-ring (bicyclic) bond motifs is 1. The first-order valence-corrected chi connectivity index (χ1v) is 6.44. The molecule has 3 unspecified atom stereocenters. The Morgan fingerprint density at radius 2 is 2.30 bits per heavy atom. The van der Waals surface area contributed by atoms with Gasteiger partial charge in [-0.15, -0.1) is 0 Å². The Hall–Kier alpha value is -1.77. The molecule has 1 aliphatic heterocycles. The number of nitrogen functional groups attached to an aromatic ring is 1. The number of imidazole rings is 1. The van der Waals surface area contributed by atoms with Crippen LogP contribution >= 0.6 is 0 Å². The molecule has 3 rings (SSSR count). The first kappa shape index (κ1) is 13.2. The van der Waals surface area contributed by atoms with Gasteiger partial charge in [0, 0.05) is 20.0 Å². The van der Waals surface area contributed by atoms with E-state index in [-0.39, 0.29) is 12.3 Å². The lowest BCUT2D eigenvalue weighted by Gasteiger charge is -2.33. The van der Waals surface area contributed by atoms with E-state index >= 15 is 0 Å². The molecule has 0 amide bonds. The third-order valence-corrected chi connectivity index (χ3v) is 3.41. The van der Waals surface area contributed by atoms with Crippen LogP contribution in [-0.2, 0) is 9.47 Å². The highest BCUT2D eigenvalue weighted by Crippen LogP contribution is 2.30. The number of anilines is 1. The monoisotopic (exact) mass is 279 g/mol. The Balaban J connectivity index is 1.92. The fraction of sp³-hybridized carbons (Fsp3) is 0.583. The van der Waals surface area contributed by atoms with Gasteiger partial charge in [-0.2, -0.15) is 0 Å². The van der Waals surface area contributed by atoms with Crippen molar-refractivity contribution in [1.29, 1.82) is 0 Å². The zero-order valence-electron chi connectivity index (χ0n) is 11.1. The molecule has 3 heterocycles. The summed E-state index contributed by atoms with van der Waals surface area (Å²) >= 11 is 0. The van der Waals surface area contributed by atoms with Crippen molar-refractivity contribution in [2.45, 2.75) is 31.3 Å². The van der Waals surface area contributed by atoms with Crippen LogP contribution in [0.15, 0.2) is 12.7 Å². The largest absolute Gasteiger partial charge is 0.393 e. The van der Waals surface area contributed by atoms with Crippen molar-refractivity contribution in [3.05, 3.63) is 12.7 Å². The maximum Gasteiger partial charge on any atom is 0.167 e. The van der Waals surface area contributed by atoms with Crippen molar-refractivity contribution in [1.82, 2.24) is 19.5 Å². The molecule has 1 aliphatic rings. The Bertz CT molecular complexity index is 602. The summed E-state index contributed by atoms with van der Waals surface area (Å²) < 4.78 is 12.8. The molecule has 0 aromatic carbocycles. The second-order valence-electron chi connectivity index (χ2n) is 4.88. The molecular weight excluding hydrogens is 262 g/mol. The predicted octanol–water partition coefficient (Wildman–Crippen LogP) is 0.0934. The number of aliphatic hydroxyl groups is 1. The summed E-state index contributed by atoms with van der Waals surface area (Å²) in [6, 6.07) is 0. The van der Waals surface area contributed by atoms with Gasteiger partial charge >= 0.3 is 0 Å². The third-order valence-electron chi connectivity index (χ3n) is 3.41. The van der Waals surface area contributed by atoms with E-state index in [2.05, 4.69) is 15.0 Å². The molecule has 3 atom stereocenters. The highest BCUT2D eigenvalue weighted by Gasteiger charge is 2.30. The highest BCUT2D eigenvalue weighted by molar-refractivity contribution is 5.81. The predicted molar refractivity (Wildman–Crippen MR) is 70.8 cm³/mol. The van der Waals surface area contributed by atoms with Crippen LogP contribution in [0.2, 0.25) is 0 Å². The van der Waals surface area contributed by atoms with E-state index in [9.17, 15) is 5.11 Å². The molecule has 1 saturated heterocycles. The summed E-state index contributed by atoms with van der Waals surface area (Å²) in [6.45, 7) is 0.442. The first-order valence-electron chi connectivity index (χ1n) is 6.44. The zero-order chi connectivity index (χ0) is 14.1. The van der Waals surface area contributed by atoms with Gasteiger partial charge in [-0.25, -0.2) is 15.0 Å². The number of hydrogen-bond acceptors (Lipinski definition) is 7. The van der Waals surface area contributed by atoms with Gasteiger partial charge in [-0.3, -0.25) is 4.57 Å². The summed E-state index contributed by atoms with van der Waals surface area (Å²) in [5, 5.41) is 9.98. The topological polar surface area (TPSA) is 108 Å². The van der Waals surface area contributed by atoms with Crippen LogP contribution in [-0.4, -0.2) is 50.6 Å². The zero-order valence-corrected chi connectivity index (χ0v) is 11.1. The molecule has 1 fully saturated rings. The lowest BCUT2D eigenvalue weighted by Crippen LogP contribution is -2.36. The van der Waals surface area contributed by atoms with Gasteiger partial charge in [0.15, 0.2) is 11.5 Å². The lowest BCUT2D eigenvalue weighted by atomic mass is 10.0. The highest BCUT2D eigenvalue weighted by atomic mass is 16.5. The Kier molecular flexibility index (Phi) is 3.51. The summed E-state index contributed by atoms with van der Waals surface area (Å²) in [5.41, 5.74) is 6.91. The third kappa shape index (κ3) is 2.33. The Labute approximate surface area is 115 Å². The van der Waals surface area contributed by atoms with Crippen molar-refractivity contribution in [2.24, 2.45) is 0 Å². The second-order valence-corrected chi connectivity index (χ2v) is 4.88. The van der Waals surface area contributed by atoms with Gasteiger partial charge in [-0.1, -0.05) is 0 Å². The molecule has 20 heavy (non-hydrogen) atoms. The molecular formula is C12H17N5O3. The van der Waals surface area contributed by atoms with Crippen molar-refractivity contribution in [2.75, 3.05) is 19.5 Å². The summed E-state index contributed by atoms with van der Waals surface area (Å²) in [6.07, 6.45) is 3.13. The number of aliphatic hydroxyl groups excluding tert-OH is 1. The number of hydrogen-bond donors (Lipinski definition) is 2. The van der Waals surface area contributed by atoms with Crippen LogP contribution < -0.4 is 5.73 Å². The van der Waals surface area contributed by atoms with Crippen LogP contribution in [0.1, 0.15) is 19.1 Å². The number of nitrogens with two attached hydrogens (primary N) is 1. The van der Waals surface area contributed by atoms with Crippen LogP contribution in [0.5, 0.6) is 0 Å². The van der Waals surface area contributed by atoms with Gasteiger partial charge in [0.05, 0.1) is 25.1 Å². The van der Waals surface area contributed by atoms with E-state index in [1.807, 2.05) is 0 Å². The molecule has 0 aliphatic carbocycles. The summed E-state index contributed by atoms with van der Waals surface area (Å²) in [7, 11) is 1.61. The van der Waals surface area contributed by atoms with Gasteiger partial charge < -0.3 is 20.3 Å². The van der Waals surface area contributed by atoms with E-state index in [0.717, 1.165) is 0 Å². The number of nitrogens with zero attached hydrogens (tertiary/aromatic N) is 4. The minimum absolute atomic E-state index is 0.148. The average molecular weight is 279 g/mol. The van der Waals surface area contributed by atoms with Crippen molar-refractivity contribution >= 4 is 17.0 Å². The fourth-order valence-electron chi connectivity index (χ4n) is 2.52. The number of rotatable bonds is 3. The molecule has 108 valence electrons. The van der Waals surface area contributed by atoms with E-state index < -0.39 is 6.10 Å². The molecule has 8 heteroatoms. The maximum absolute atomic E-state index is 9.98. The maximum atomic E-state index is 9.98. The van der Waals surface area contributed by atoms with E-state index in [0.29, 0.717) is 36.4 Å². The van der Waals surface area contributed by atoms with Gasteiger partial charge in [0.1, 0.15) is 18.1 Å². The number of aromatic nitrogens is 4. The lowest BCUT2D eigenvalue weighted by molar-refractivity contribution is -0.144. The van der Waals surface area contributed by atoms with Crippen molar-refractivity contribution in [3.63, 3.8) is 0 Å². The van der Waals surface area contributed by atoms with Crippen molar-refractivity contribution < 1.29 is 14.6 Å². The van der Waals surface area contributed by atoms with E-state index in [4.69, 9.17) is 15.2 Å². The van der Waals surface area contributed by atoms with Gasteiger partial charge in [-0.05, 0) is 0 Å². The van der Waals surface area contributed by atoms with Gasteiger partial charge in [0.2, 0.25) is 0 Å². The Morgan fingerprint density at radius 3 is 3.10 bits per heavy atom. The minimum atomic E-state index is -0.439.